The Balaban J connectivity index is 1.85. The van der Waals surface area contributed by atoms with Crippen LogP contribution in [0, 0.1) is 17.8 Å². The van der Waals surface area contributed by atoms with E-state index in [0.717, 1.165) is 19.3 Å². The highest BCUT2D eigenvalue weighted by atomic mass is 32.2. The average molecular weight is 373 g/mol. The first-order chi connectivity index (χ1) is 11.3. The molecule has 1 aliphatic rings. The van der Waals surface area contributed by atoms with Gasteiger partial charge < -0.3 is 5.32 Å². The zero-order valence-corrected chi connectivity index (χ0v) is 16.3. The van der Waals surface area contributed by atoms with Crippen molar-refractivity contribution in [3.8, 4) is 0 Å². The Hall–Kier alpha value is -0.920. The summed E-state index contributed by atoms with van der Waals surface area (Å²) in [5.41, 5.74) is 0. The molecule has 1 unspecified atom stereocenters. The molecular weight excluding hydrogens is 344 g/mol. The number of thiophene rings is 1. The molecular formula is C17H28N2O3S2. The van der Waals surface area contributed by atoms with E-state index in [1.54, 1.807) is 21.8 Å². The molecule has 136 valence electrons. The standard InChI is InChI=1S/C17H28N2O3S2/c1-13(2)6-9-18-17(20)14(3)15-7-10-19(11-8-15)24(21,22)16-5-4-12-23-16/h4-5,12-15H,6-11H2,1-3H3,(H,18,20). The predicted octanol–water partition coefficient (Wildman–Crippen LogP) is 2.95. The third-order valence-electron chi connectivity index (χ3n) is 4.73. The van der Waals surface area contributed by atoms with Crippen LogP contribution in [0.25, 0.3) is 0 Å². The molecule has 1 amide bonds. The van der Waals surface area contributed by atoms with Gasteiger partial charge in [0.05, 0.1) is 0 Å². The number of sulfonamides is 1. The van der Waals surface area contributed by atoms with Gasteiger partial charge in [0.25, 0.3) is 10.0 Å². The van der Waals surface area contributed by atoms with Crippen LogP contribution in [0.4, 0.5) is 0 Å². The Morgan fingerprint density at radius 3 is 2.54 bits per heavy atom. The van der Waals surface area contributed by atoms with Gasteiger partial charge in [0.2, 0.25) is 5.91 Å². The smallest absolute Gasteiger partial charge is 0.252 e. The zero-order chi connectivity index (χ0) is 17.7. The van der Waals surface area contributed by atoms with Crippen molar-refractivity contribution < 1.29 is 13.2 Å². The summed E-state index contributed by atoms with van der Waals surface area (Å²) in [4.78, 5) is 12.2. The fourth-order valence-corrected chi connectivity index (χ4v) is 5.63. The van der Waals surface area contributed by atoms with Gasteiger partial charge in [-0.3, -0.25) is 4.79 Å². The number of carbonyl (C=O) groups excluding carboxylic acids is 1. The number of piperidine rings is 1. The molecule has 1 saturated heterocycles. The highest BCUT2D eigenvalue weighted by Crippen LogP contribution is 2.29. The van der Waals surface area contributed by atoms with Gasteiger partial charge in [-0.25, -0.2) is 8.42 Å². The van der Waals surface area contributed by atoms with Crippen molar-refractivity contribution in [3.05, 3.63) is 17.5 Å². The van der Waals surface area contributed by atoms with Crippen molar-refractivity contribution in [1.29, 1.82) is 0 Å². The van der Waals surface area contributed by atoms with Gasteiger partial charge in [-0.05, 0) is 42.5 Å². The van der Waals surface area contributed by atoms with Gasteiger partial charge in [-0.2, -0.15) is 4.31 Å². The third kappa shape index (κ3) is 4.80. The summed E-state index contributed by atoms with van der Waals surface area (Å²) in [6, 6.07) is 3.41. The Morgan fingerprint density at radius 2 is 2.00 bits per heavy atom. The van der Waals surface area contributed by atoms with E-state index in [1.165, 1.54) is 11.3 Å². The van der Waals surface area contributed by atoms with E-state index in [4.69, 9.17) is 0 Å². The number of nitrogens with zero attached hydrogens (tertiary/aromatic N) is 1. The molecule has 0 saturated carbocycles. The molecule has 2 heterocycles. The molecule has 1 N–H and O–H groups in total. The van der Waals surface area contributed by atoms with Crippen LogP contribution < -0.4 is 5.32 Å². The fraction of sp³-hybridized carbons (Fsp3) is 0.706. The van der Waals surface area contributed by atoms with Crippen LogP contribution in [0.1, 0.15) is 40.0 Å². The molecule has 0 spiro atoms. The molecule has 2 rings (SSSR count). The molecule has 24 heavy (non-hydrogen) atoms. The monoisotopic (exact) mass is 372 g/mol. The summed E-state index contributed by atoms with van der Waals surface area (Å²) in [7, 11) is -3.36. The van der Waals surface area contributed by atoms with E-state index >= 15 is 0 Å². The summed E-state index contributed by atoms with van der Waals surface area (Å²) in [6.45, 7) is 7.94. The quantitative estimate of drug-likeness (QED) is 0.800. The molecule has 1 aromatic heterocycles. The molecule has 5 nitrogen and oxygen atoms in total. The number of amides is 1. The summed E-state index contributed by atoms with van der Waals surface area (Å²) in [6.07, 6.45) is 2.46. The predicted molar refractivity (Wildman–Crippen MR) is 97.4 cm³/mol. The van der Waals surface area contributed by atoms with Crippen LogP contribution in [0.3, 0.4) is 0 Å². The van der Waals surface area contributed by atoms with Crippen molar-refractivity contribution in [1.82, 2.24) is 9.62 Å². The highest BCUT2D eigenvalue weighted by Gasteiger charge is 2.33. The van der Waals surface area contributed by atoms with Crippen LogP contribution >= 0.6 is 11.3 Å². The molecule has 1 fully saturated rings. The van der Waals surface area contributed by atoms with Crippen molar-refractivity contribution in [2.24, 2.45) is 17.8 Å². The number of rotatable bonds is 7. The number of hydrogen-bond donors (Lipinski definition) is 1. The molecule has 1 aliphatic heterocycles. The second-order valence-corrected chi connectivity index (χ2v) is 10.0. The van der Waals surface area contributed by atoms with Crippen molar-refractivity contribution >= 4 is 27.3 Å². The zero-order valence-electron chi connectivity index (χ0n) is 14.7. The molecule has 0 aliphatic carbocycles. The first-order valence-electron chi connectivity index (χ1n) is 8.63. The Kier molecular flexibility index (Phi) is 6.83. The van der Waals surface area contributed by atoms with E-state index < -0.39 is 10.0 Å². The number of carbonyl (C=O) groups is 1. The second-order valence-electron chi connectivity index (χ2n) is 6.94. The topological polar surface area (TPSA) is 66.5 Å². The van der Waals surface area contributed by atoms with Gasteiger partial charge >= 0.3 is 0 Å². The largest absolute Gasteiger partial charge is 0.356 e. The van der Waals surface area contributed by atoms with Gasteiger partial charge in [-0.15, -0.1) is 11.3 Å². The van der Waals surface area contributed by atoms with Gasteiger partial charge in [0.15, 0.2) is 0 Å². The van der Waals surface area contributed by atoms with Gasteiger partial charge in [0, 0.05) is 25.6 Å². The summed E-state index contributed by atoms with van der Waals surface area (Å²) < 4.78 is 27.0. The molecule has 0 radical (unpaired) electrons. The minimum absolute atomic E-state index is 0.0660. The van der Waals surface area contributed by atoms with E-state index in [-0.39, 0.29) is 17.7 Å². The van der Waals surface area contributed by atoms with Gasteiger partial charge in [-0.1, -0.05) is 26.8 Å². The van der Waals surface area contributed by atoms with E-state index in [9.17, 15) is 13.2 Å². The van der Waals surface area contributed by atoms with Crippen LogP contribution in [0.2, 0.25) is 0 Å². The van der Waals surface area contributed by atoms with Crippen LogP contribution in [0.15, 0.2) is 21.7 Å². The minimum atomic E-state index is -3.36. The van der Waals surface area contributed by atoms with E-state index in [2.05, 4.69) is 19.2 Å². The first kappa shape index (κ1) is 19.4. The lowest BCUT2D eigenvalue weighted by atomic mass is 9.85. The summed E-state index contributed by atoms with van der Waals surface area (Å²) >= 11 is 1.25. The minimum Gasteiger partial charge on any atom is -0.356 e. The third-order valence-corrected chi connectivity index (χ3v) is 8.00. The van der Waals surface area contributed by atoms with Crippen LogP contribution in [-0.4, -0.2) is 38.3 Å². The van der Waals surface area contributed by atoms with E-state index in [0.29, 0.717) is 29.8 Å². The molecule has 1 atom stereocenters. The average Bonchev–Trinajstić information content (AvgIpc) is 3.09. The van der Waals surface area contributed by atoms with Crippen molar-refractivity contribution in [2.75, 3.05) is 19.6 Å². The first-order valence-corrected chi connectivity index (χ1v) is 11.0. The van der Waals surface area contributed by atoms with Crippen LogP contribution in [0.5, 0.6) is 0 Å². The molecule has 0 bridgehead atoms. The SMILES string of the molecule is CC(C)CCNC(=O)C(C)C1CCN(S(=O)(=O)c2cccs2)CC1. The van der Waals surface area contributed by atoms with Crippen molar-refractivity contribution in [3.63, 3.8) is 0 Å². The van der Waals surface area contributed by atoms with E-state index in [1.807, 2.05) is 6.92 Å². The molecule has 7 heteroatoms. The maximum atomic E-state index is 12.5. The molecule has 1 aromatic rings. The lowest BCUT2D eigenvalue weighted by Crippen LogP contribution is -2.42. The Bertz CT molecular complexity index is 618. The maximum Gasteiger partial charge on any atom is 0.252 e. The Morgan fingerprint density at radius 1 is 1.33 bits per heavy atom. The molecule has 0 aromatic carbocycles. The van der Waals surface area contributed by atoms with Crippen molar-refractivity contribution in [2.45, 2.75) is 44.2 Å². The number of nitrogens with one attached hydrogen (secondary N) is 1. The second kappa shape index (κ2) is 8.45. The summed E-state index contributed by atoms with van der Waals surface area (Å²) in [5, 5.41) is 4.79. The Labute approximate surface area is 149 Å². The van der Waals surface area contributed by atoms with Crippen LogP contribution in [-0.2, 0) is 14.8 Å². The fourth-order valence-electron chi connectivity index (χ4n) is 3.01. The number of hydrogen-bond acceptors (Lipinski definition) is 4. The van der Waals surface area contributed by atoms with Gasteiger partial charge in [0.1, 0.15) is 4.21 Å². The maximum absolute atomic E-state index is 12.5. The highest BCUT2D eigenvalue weighted by molar-refractivity contribution is 7.91. The normalized spacial score (nSPS) is 18.7. The summed E-state index contributed by atoms with van der Waals surface area (Å²) in [5.74, 6) is 0.851. The lowest BCUT2D eigenvalue weighted by Gasteiger charge is -2.33. The lowest BCUT2D eigenvalue weighted by molar-refractivity contribution is -0.126.